The number of ether oxygens (including phenoxy) is 5. The number of anilines is 1. The molecule has 1 aromatic heterocycles. The summed E-state index contributed by atoms with van der Waals surface area (Å²) in [6.07, 6.45) is 0. The zero-order chi connectivity index (χ0) is 26.9. The number of amides is 1. The van der Waals surface area contributed by atoms with E-state index in [1.54, 1.807) is 6.07 Å². The predicted octanol–water partition coefficient (Wildman–Crippen LogP) is 6.17. The second-order valence-electron chi connectivity index (χ2n) is 7.85. The van der Waals surface area contributed by atoms with Crippen LogP contribution < -0.4 is 29.0 Å². The number of benzene rings is 3. The topological polar surface area (TPSA) is 101 Å². The van der Waals surface area contributed by atoms with Gasteiger partial charge < -0.3 is 33.5 Å². The fourth-order valence-corrected chi connectivity index (χ4v) is 4.06. The lowest BCUT2D eigenvalue weighted by Crippen LogP contribution is -2.16. The Hall–Kier alpha value is -4.51. The molecule has 0 bridgehead atoms. The van der Waals surface area contributed by atoms with Crippen LogP contribution in [0.1, 0.15) is 10.6 Å². The summed E-state index contributed by atoms with van der Waals surface area (Å²) in [5.41, 5.74) is -1.83. The van der Waals surface area contributed by atoms with E-state index in [4.69, 9.17) is 35.1 Å². The van der Waals surface area contributed by atoms with Crippen molar-refractivity contribution in [3.63, 3.8) is 0 Å². The second-order valence-corrected chi connectivity index (χ2v) is 8.29. The first-order valence-corrected chi connectivity index (χ1v) is 11.4. The zero-order valence-electron chi connectivity index (χ0n) is 19.9. The summed E-state index contributed by atoms with van der Waals surface area (Å²) in [5, 5.41) is 6.85. The van der Waals surface area contributed by atoms with Gasteiger partial charge in [-0.2, -0.15) is 0 Å². The highest BCUT2D eigenvalue weighted by Gasteiger charge is 2.33. The van der Waals surface area contributed by atoms with E-state index in [-0.39, 0.29) is 29.7 Å². The summed E-state index contributed by atoms with van der Waals surface area (Å²) in [6.45, 7) is -0.0383. The van der Waals surface area contributed by atoms with Gasteiger partial charge in [-0.05, 0) is 30.3 Å². The Bertz CT molecular complexity index is 1470. The second kappa shape index (κ2) is 10.1. The molecule has 0 unspecified atom stereocenters. The highest BCUT2D eigenvalue weighted by molar-refractivity contribution is 6.20. The third-order valence-electron chi connectivity index (χ3n) is 5.55. The lowest BCUT2D eigenvalue weighted by molar-refractivity contribution is -0.0964. The Morgan fingerprint density at radius 1 is 1.03 bits per heavy atom. The van der Waals surface area contributed by atoms with E-state index in [9.17, 15) is 13.6 Å². The molecule has 0 fully saturated rings. The molecule has 9 nitrogen and oxygen atoms in total. The smallest absolute Gasteiger partial charge is 0.487 e. The van der Waals surface area contributed by atoms with Crippen LogP contribution in [0.25, 0.3) is 22.4 Å². The van der Waals surface area contributed by atoms with E-state index < -0.39 is 11.5 Å². The maximum absolute atomic E-state index is 13.4. The average molecular weight is 545 g/mol. The van der Waals surface area contributed by atoms with Crippen molar-refractivity contribution in [1.29, 1.82) is 0 Å². The van der Waals surface area contributed by atoms with Gasteiger partial charge in [0.2, 0.25) is 24.1 Å². The Morgan fingerprint density at radius 2 is 1.74 bits per heavy atom. The van der Waals surface area contributed by atoms with Crippen molar-refractivity contribution in [2.24, 2.45) is 0 Å². The van der Waals surface area contributed by atoms with Crippen LogP contribution in [-0.4, -0.2) is 37.6 Å². The van der Waals surface area contributed by atoms with Crippen molar-refractivity contribution in [2.75, 3.05) is 26.3 Å². The Kier molecular flexibility index (Phi) is 6.68. The minimum absolute atomic E-state index is 0.0383. The lowest BCUT2D eigenvalue weighted by atomic mass is 9.97. The van der Waals surface area contributed by atoms with Crippen LogP contribution >= 0.6 is 11.6 Å². The molecule has 0 saturated carbocycles. The first kappa shape index (κ1) is 25.2. The maximum Gasteiger partial charge on any atom is 0.487 e. The van der Waals surface area contributed by atoms with Crippen LogP contribution in [0.15, 0.2) is 65.2 Å². The molecule has 0 atom stereocenters. The van der Waals surface area contributed by atoms with Crippen molar-refractivity contribution in [1.82, 2.24) is 5.16 Å². The van der Waals surface area contributed by atoms with Crippen LogP contribution in [0.2, 0.25) is 0 Å². The van der Waals surface area contributed by atoms with Gasteiger partial charge in [0, 0.05) is 28.4 Å². The number of hydrogen-bond acceptors (Lipinski definition) is 8. The highest BCUT2D eigenvalue weighted by Crippen LogP contribution is 2.54. The van der Waals surface area contributed by atoms with Gasteiger partial charge in [-0.3, -0.25) is 4.79 Å². The summed E-state index contributed by atoms with van der Waals surface area (Å²) >= 11 is 4.80. The Balaban J connectivity index is 1.59. The number of halogens is 3. The summed E-state index contributed by atoms with van der Waals surface area (Å²) in [7, 11) is 2.93. The number of nitrogens with zero attached hydrogens (tertiary/aromatic N) is 1. The number of carbonyl (C=O) groups is 1. The van der Waals surface area contributed by atoms with Crippen molar-refractivity contribution in [2.45, 2.75) is 5.57 Å². The molecule has 1 amide bonds. The number of aromatic nitrogens is 1. The molecule has 3 aromatic carbocycles. The minimum Gasteiger partial charge on any atom is -0.493 e. The Labute approximate surface area is 219 Å². The first-order chi connectivity index (χ1) is 18.3. The molecule has 1 N–H and O–H groups in total. The molecule has 5 rings (SSSR count). The van der Waals surface area contributed by atoms with Gasteiger partial charge in [-0.1, -0.05) is 35.5 Å². The van der Waals surface area contributed by atoms with Gasteiger partial charge >= 0.3 is 5.57 Å². The van der Waals surface area contributed by atoms with Gasteiger partial charge in [-0.15, -0.1) is 8.78 Å². The SMILES string of the molecule is COc1cc(-c2c(-c3ccccc3)noc2C(=O)Nc2ccc(OC(F)(F)Cl)cc2)c(OC)c2c1OCO2. The number of hydrogen-bond donors (Lipinski definition) is 1. The summed E-state index contributed by atoms with van der Waals surface area (Å²) in [4.78, 5) is 13.4. The van der Waals surface area contributed by atoms with Crippen LogP contribution in [0.5, 0.6) is 28.7 Å². The molecule has 196 valence electrons. The van der Waals surface area contributed by atoms with Crippen molar-refractivity contribution < 1.29 is 41.8 Å². The quantitative estimate of drug-likeness (QED) is 0.263. The molecule has 1 aliphatic rings. The Morgan fingerprint density at radius 3 is 2.39 bits per heavy atom. The van der Waals surface area contributed by atoms with Gasteiger partial charge in [0.1, 0.15) is 11.4 Å². The number of alkyl halides is 3. The van der Waals surface area contributed by atoms with E-state index in [0.717, 1.165) is 0 Å². The summed E-state index contributed by atoms with van der Waals surface area (Å²) in [6, 6.07) is 15.9. The third-order valence-corrected chi connectivity index (χ3v) is 5.62. The van der Waals surface area contributed by atoms with Crippen LogP contribution in [0.4, 0.5) is 14.5 Å². The average Bonchev–Trinajstić information content (AvgIpc) is 3.56. The predicted molar refractivity (Wildman–Crippen MR) is 132 cm³/mol. The molecule has 0 radical (unpaired) electrons. The fourth-order valence-electron chi connectivity index (χ4n) is 3.97. The molecular weight excluding hydrogens is 526 g/mol. The number of rotatable bonds is 8. The molecule has 12 heteroatoms. The lowest BCUT2D eigenvalue weighted by Gasteiger charge is -2.15. The number of nitrogens with one attached hydrogen (secondary N) is 1. The molecule has 0 saturated heterocycles. The van der Waals surface area contributed by atoms with Crippen LogP contribution in [-0.2, 0) is 0 Å². The van der Waals surface area contributed by atoms with E-state index >= 15 is 0 Å². The van der Waals surface area contributed by atoms with Crippen molar-refractivity contribution >= 4 is 23.2 Å². The van der Waals surface area contributed by atoms with E-state index in [1.807, 2.05) is 30.3 Å². The normalized spacial score (nSPS) is 12.2. The molecule has 4 aromatic rings. The van der Waals surface area contributed by atoms with Crippen molar-refractivity contribution in [3.05, 3.63) is 66.4 Å². The van der Waals surface area contributed by atoms with Gasteiger partial charge in [0.05, 0.1) is 19.8 Å². The first-order valence-electron chi connectivity index (χ1n) is 11.1. The standard InChI is InChI=1S/C26H19ClF2N2O7/c1-33-18-12-17(21(34-2)24-22(18)35-13-36-24)19-20(14-6-4-3-5-7-14)31-38-23(19)25(32)30-15-8-10-16(11-9-15)37-26(27,28)29/h3-12H,13H2,1-2H3,(H,30,32). The number of carbonyl (C=O) groups excluding carboxylic acids is 1. The molecule has 0 aliphatic carbocycles. The van der Waals surface area contributed by atoms with Gasteiger partial charge in [0.15, 0.2) is 11.5 Å². The molecule has 2 heterocycles. The number of fused-ring (bicyclic) bond motifs is 1. The zero-order valence-corrected chi connectivity index (χ0v) is 20.7. The third kappa shape index (κ3) is 4.88. The van der Waals surface area contributed by atoms with Crippen LogP contribution in [0.3, 0.4) is 0 Å². The molecular formula is C26H19ClF2N2O7. The van der Waals surface area contributed by atoms with Gasteiger partial charge in [0.25, 0.3) is 5.91 Å². The van der Waals surface area contributed by atoms with E-state index in [1.165, 1.54) is 38.5 Å². The van der Waals surface area contributed by atoms with Gasteiger partial charge in [-0.25, -0.2) is 0 Å². The highest BCUT2D eigenvalue weighted by atomic mass is 35.5. The summed E-state index contributed by atoms with van der Waals surface area (Å²) < 4.78 is 58.0. The molecule has 0 spiro atoms. The maximum atomic E-state index is 13.4. The van der Waals surface area contributed by atoms with Crippen molar-refractivity contribution in [3.8, 4) is 51.1 Å². The minimum atomic E-state index is -3.86. The number of methoxy groups -OCH3 is 2. The van der Waals surface area contributed by atoms with E-state index in [0.29, 0.717) is 39.6 Å². The van der Waals surface area contributed by atoms with E-state index in [2.05, 4.69) is 15.2 Å². The monoisotopic (exact) mass is 544 g/mol. The molecule has 1 aliphatic heterocycles. The van der Waals surface area contributed by atoms with Crippen LogP contribution in [0, 0.1) is 0 Å². The fraction of sp³-hybridized carbons (Fsp3) is 0.154. The largest absolute Gasteiger partial charge is 0.493 e. The summed E-state index contributed by atoms with van der Waals surface area (Å²) in [5.74, 6) is 0.317. The molecule has 38 heavy (non-hydrogen) atoms.